The van der Waals surface area contributed by atoms with Crippen molar-refractivity contribution in [3.63, 3.8) is 0 Å². The number of hydrogen-bond acceptors (Lipinski definition) is 5. The fourth-order valence-electron chi connectivity index (χ4n) is 5.69. The van der Waals surface area contributed by atoms with Crippen LogP contribution in [0.5, 0.6) is 0 Å². The summed E-state index contributed by atoms with van der Waals surface area (Å²) in [6, 6.07) is 4.84. The Morgan fingerprint density at radius 2 is 1.90 bits per heavy atom. The predicted octanol–water partition coefficient (Wildman–Crippen LogP) is 3.34. The van der Waals surface area contributed by atoms with Crippen molar-refractivity contribution in [3.05, 3.63) is 30.2 Å². The van der Waals surface area contributed by atoms with E-state index >= 15 is 0 Å². The Balaban J connectivity index is 1.13. The Hall–Kier alpha value is -1.92. The first kappa shape index (κ1) is 19.1. The molecule has 1 aliphatic carbocycles. The molecular formula is C23H33N5O. The molecule has 3 atom stereocenters. The van der Waals surface area contributed by atoms with Gasteiger partial charge in [0.15, 0.2) is 0 Å². The van der Waals surface area contributed by atoms with E-state index in [0.717, 1.165) is 53.6 Å². The van der Waals surface area contributed by atoms with E-state index in [0.29, 0.717) is 6.04 Å². The minimum absolute atomic E-state index is 0.564. The van der Waals surface area contributed by atoms with Gasteiger partial charge in [0.05, 0.1) is 5.69 Å². The lowest BCUT2D eigenvalue weighted by Crippen LogP contribution is -2.32. The van der Waals surface area contributed by atoms with Crippen molar-refractivity contribution < 1.29 is 4.74 Å². The van der Waals surface area contributed by atoms with Crippen LogP contribution in [0.1, 0.15) is 31.4 Å². The van der Waals surface area contributed by atoms with E-state index in [2.05, 4.69) is 38.6 Å². The van der Waals surface area contributed by atoms with Crippen LogP contribution in [0.2, 0.25) is 0 Å². The van der Waals surface area contributed by atoms with E-state index in [4.69, 9.17) is 4.74 Å². The Morgan fingerprint density at radius 1 is 1.14 bits per heavy atom. The van der Waals surface area contributed by atoms with Gasteiger partial charge in [-0.1, -0.05) is 0 Å². The van der Waals surface area contributed by atoms with Crippen LogP contribution < -0.4 is 5.32 Å². The summed E-state index contributed by atoms with van der Waals surface area (Å²) in [4.78, 5) is 7.41. The van der Waals surface area contributed by atoms with Gasteiger partial charge in [-0.3, -0.25) is 4.68 Å². The quantitative estimate of drug-likeness (QED) is 0.842. The molecule has 2 saturated heterocycles. The molecule has 0 aromatic carbocycles. The maximum atomic E-state index is 5.51. The molecule has 6 nitrogen and oxygen atoms in total. The van der Waals surface area contributed by atoms with E-state index in [1.807, 2.05) is 24.9 Å². The van der Waals surface area contributed by atoms with E-state index in [1.165, 1.54) is 45.3 Å². The first-order chi connectivity index (χ1) is 14.1. The molecule has 2 aromatic rings. The molecule has 1 saturated carbocycles. The molecule has 0 spiro atoms. The second kappa shape index (κ2) is 8.07. The maximum Gasteiger partial charge on any atom is 0.126 e. The fourth-order valence-corrected chi connectivity index (χ4v) is 5.69. The van der Waals surface area contributed by atoms with Crippen LogP contribution in [0.3, 0.4) is 0 Å². The van der Waals surface area contributed by atoms with Crippen LogP contribution in [0.4, 0.5) is 5.82 Å². The molecule has 1 N–H and O–H groups in total. The maximum absolute atomic E-state index is 5.51. The van der Waals surface area contributed by atoms with Gasteiger partial charge in [-0.2, -0.15) is 5.10 Å². The zero-order chi connectivity index (χ0) is 19.8. The van der Waals surface area contributed by atoms with Gasteiger partial charge in [0, 0.05) is 69.5 Å². The lowest BCUT2D eigenvalue weighted by atomic mass is 10.00. The molecule has 2 aliphatic heterocycles. The molecule has 1 unspecified atom stereocenters. The molecule has 0 amide bonds. The monoisotopic (exact) mass is 395 g/mol. The van der Waals surface area contributed by atoms with Gasteiger partial charge >= 0.3 is 0 Å². The summed E-state index contributed by atoms with van der Waals surface area (Å²) in [5, 5.41) is 8.13. The second-order valence-corrected chi connectivity index (χ2v) is 9.34. The van der Waals surface area contributed by atoms with Crippen molar-refractivity contribution >= 4 is 5.82 Å². The third-order valence-corrected chi connectivity index (χ3v) is 7.12. The predicted molar refractivity (Wildman–Crippen MR) is 115 cm³/mol. The largest absolute Gasteiger partial charge is 0.381 e. The highest BCUT2D eigenvalue weighted by Gasteiger charge is 2.41. The van der Waals surface area contributed by atoms with E-state index in [1.54, 1.807) is 0 Å². The number of hydrogen-bond donors (Lipinski definition) is 1. The van der Waals surface area contributed by atoms with Crippen molar-refractivity contribution in [2.24, 2.45) is 24.8 Å². The highest BCUT2D eigenvalue weighted by atomic mass is 16.5. The standard InChI is InChI=1S/C23H33N5O/c1-16-22(15-27(2)26-16)18-3-4-23(24-11-18)25-21-9-19-13-28(14-20(19)10-21)12-17-5-7-29-8-6-17/h3-4,11,15,17,19-21H,5-10,12-14H2,1-2H3,(H,24,25)/t19-,20?,21+/m0/s1. The van der Waals surface area contributed by atoms with Gasteiger partial charge in [0.1, 0.15) is 5.82 Å². The SMILES string of the molecule is Cc1nn(C)cc1-c1ccc(N[C@H]2CC3CN(CC4CCOCC4)C[C@@H]3C2)nc1. The van der Waals surface area contributed by atoms with Crippen LogP contribution in [-0.4, -0.2) is 58.6 Å². The van der Waals surface area contributed by atoms with Gasteiger partial charge in [-0.25, -0.2) is 4.98 Å². The summed E-state index contributed by atoms with van der Waals surface area (Å²) >= 11 is 0. The summed E-state index contributed by atoms with van der Waals surface area (Å²) in [6.07, 6.45) is 9.08. The topological polar surface area (TPSA) is 55.2 Å². The summed E-state index contributed by atoms with van der Waals surface area (Å²) in [7, 11) is 1.96. The second-order valence-electron chi connectivity index (χ2n) is 9.34. The lowest BCUT2D eigenvalue weighted by molar-refractivity contribution is 0.0545. The molecule has 3 aliphatic rings. The highest BCUT2D eigenvalue weighted by molar-refractivity contribution is 5.65. The number of ether oxygens (including phenoxy) is 1. The number of fused-ring (bicyclic) bond motifs is 1. The lowest BCUT2D eigenvalue weighted by Gasteiger charge is -2.27. The van der Waals surface area contributed by atoms with Crippen molar-refractivity contribution in [1.82, 2.24) is 19.7 Å². The number of aryl methyl sites for hydroxylation is 2. The van der Waals surface area contributed by atoms with E-state index < -0.39 is 0 Å². The molecule has 4 heterocycles. The summed E-state index contributed by atoms with van der Waals surface area (Å²) in [6.45, 7) is 7.82. The Bertz CT molecular complexity index is 812. The number of pyridine rings is 1. The summed E-state index contributed by atoms with van der Waals surface area (Å²) in [5.41, 5.74) is 3.34. The number of anilines is 1. The van der Waals surface area contributed by atoms with E-state index in [-0.39, 0.29) is 0 Å². The van der Waals surface area contributed by atoms with Gasteiger partial charge in [-0.05, 0) is 62.5 Å². The number of aromatic nitrogens is 3. The van der Waals surface area contributed by atoms with Crippen LogP contribution >= 0.6 is 0 Å². The number of nitrogens with one attached hydrogen (secondary N) is 1. The average molecular weight is 396 g/mol. The van der Waals surface area contributed by atoms with Crippen LogP contribution in [0.15, 0.2) is 24.5 Å². The average Bonchev–Trinajstić information content (AvgIpc) is 3.36. The Morgan fingerprint density at radius 3 is 2.52 bits per heavy atom. The highest BCUT2D eigenvalue weighted by Crippen LogP contribution is 2.39. The Labute approximate surface area is 173 Å². The zero-order valence-electron chi connectivity index (χ0n) is 17.7. The first-order valence-electron chi connectivity index (χ1n) is 11.2. The van der Waals surface area contributed by atoms with Gasteiger partial charge in [-0.15, -0.1) is 0 Å². The third kappa shape index (κ3) is 4.19. The smallest absolute Gasteiger partial charge is 0.126 e. The van der Waals surface area contributed by atoms with Crippen LogP contribution in [-0.2, 0) is 11.8 Å². The van der Waals surface area contributed by atoms with Crippen LogP contribution in [0, 0.1) is 24.7 Å². The fraction of sp³-hybridized carbons (Fsp3) is 0.652. The zero-order valence-corrected chi connectivity index (χ0v) is 17.7. The molecule has 6 heteroatoms. The number of rotatable bonds is 5. The summed E-state index contributed by atoms with van der Waals surface area (Å²) < 4.78 is 7.37. The normalized spacial score (nSPS) is 28.0. The molecular weight excluding hydrogens is 362 g/mol. The molecule has 156 valence electrons. The van der Waals surface area contributed by atoms with Gasteiger partial charge < -0.3 is 15.0 Å². The molecule has 3 fully saturated rings. The minimum Gasteiger partial charge on any atom is -0.381 e. The van der Waals surface area contributed by atoms with Crippen molar-refractivity contribution in [2.75, 3.05) is 38.2 Å². The van der Waals surface area contributed by atoms with Gasteiger partial charge in [0.2, 0.25) is 0 Å². The van der Waals surface area contributed by atoms with E-state index in [9.17, 15) is 0 Å². The minimum atomic E-state index is 0.564. The molecule has 2 aromatic heterocycles. The van der Waals surface area contributed by atoms with Crippen molar-refractivity contribution in [2.45, 2.75) is 38.6 Å². The van der Waals surface area contributed by atoms with Crippen molar-refractivity contribution in [1.29, 1.82) is 0 Å². The first-order valence-corrected chi connectivity index (χ1v) is 11.2. The third-order valence-electron chi connectivity index (χ3n) is 7.12. The molecule has 0 radical (unpaired) electrons. The van der Waals surface area contributed by atoms with Crippen molar-refractivity contribution in [3.8, 4) is 11.1 Å². The molecule has 5 rings (SSSR count). The molecule has 0 bridgehead atoms. The number of nitrogens with zero attached hydrogens (tertiary/aromatic N) is 4. The Kier molecular flexibility index (Phi) is 5.31. The summed E-state index contributed by atoms with van der Waals surface area (Å²) in [5.74, 6) is 3.55. The molecule has 29 heavy (non-hydrogen) atoms. The van der Waals surface area contributed by atoms with Crippen LogP contribution in [0.25, 0.3) is 11.1 Å². The number of likely N-dealkylation sites (tertiary alicyclic amines) is 1. The van der Waals surface area contributed by atoms with Gasteiger partial charge in [0.25, 0.3) is 0 Å².